The van der Waals surface area contributed by atoms with Crippen molar-refractivity contribution in [3.05, 3.63) is 53.3 Å². The SMILES string of the molecule is COc1ccc(S(=O)(=O)NC(C)CO)cc1C(=O)Nc1ccc(F)c(C(F)F)c1. The zero-order valence-electron chi connectivity index (χ0n) is 15.4. The van der Waals surface area contributed by atoms with E-state index in [9.17, 15) is 26.4 Å². The highest BCUT2D eigenvalue weighted by Gasteiger charge is 2.22. The molecule has 2 rings (SSSR count). The van der Waals surface area contributed by atoms with Gasteiger partial charge < -0.3 is 15.2 Å². The van der Waals surface area contributed by atoms with Crippen molar-refractivity contribution in [2.24, 2.45) is 0 Å². The van der Waals surface area contributed by atoms with Crippen molar-refractivity contribution in [3.8, 4) is 5.75 Å². The van der Waals surface area contributed by atoms with Crippen molar-refractivity contribution in [2.75, 3.05) is 19.0 Å². The highest BCUT2D eigenvalue weighted by atomic mass is 32.2. The number of ether oxygens (including phenoxy) is 1. The van der Waals surface area contributed by atoms with Gasteiger partial charge in [-0.05, 0) is 43.3 Å². The van der Waals surface area contributed by atoms with Crippen molar-refractivity contribution < 1.29 is 36.2 Å². The summed E-state index contributed by atoms with van der Waals surface area (Å²) < 4.78 is 71.1. The third kappa shape index (κ3) is 5.46. The molecular weight excluding hydrogens is 413 g/mol. The number of benzene rings is 2. The number of aliphatic hydroxyl groups is 1. The maximum Gasteiger partial charge on any atom is 0.266 e. The van der Waals surface area contributed by atoms with E-state index in [-0.39, 0.29) is 21.9 Å². The lowest BCUT2D eigenvalue weighted by molar-refractivity contribution is 0.102. The van der Waals surface area contributed by atoms with Crippen molar-refractivity contribution >= 4 is 21.6 Å². The summed E-state index contributed by atoms with van der Waals surface area (Å²) in [6.07, 6.45) is -3.07. The number of carbonyl (C=O) groups excluding carboxylic acids is 1. The normalized spacial score (nSPS) is 12.7. The van der Waals surface area contributed by atoms with Gasteiger partial charge in [0.05, 0.1) is 29.7 Å². The molecule has 0 bridgehead atoms. The zero-order chi connectivity index (χ0) is 21.8. The number of aliphatic hydroxyl groups excluding tert-OH is 1. The molecule has 0 spiro atoms. The van der Waals surface area contributed by atoms with Crippen LogP contribution in [-0.4, -0.2) is 39.2 Å². The molecule has 29 heavy (non-hydrogen) atoms. The van der Waals surface area contributed by atoms with Gasteiger partial charge in [-0.3, -0.25) is 4.79 Å². The summed E-state index contributed by atoms with van der Waals surface area (Å²) in [5.41, 5.74) is -1.17. The van der Waals surface area contributed by atoms with E-state index < -0.39 is 46.4 Å². The standard InChI is InChI=1S/C18H19F3N2O5S/c1-10(9-24)23-29(26,27)12-4-6-16(28-2)14(8-12)18(25)22-11-3-5-15(19)13(7-11)17(20)21/h3-8,10,17,23-24H,9H2,1-2H3,(H,22,25). The molecule has 0 aromatic heterocycles. The largest absolute Gasteiger partial charge is 0.496 e. The highest BCUT2D eigenvalue weighted by Crippen LogP contribution is 2.27. The van der Waals surface area contributed by atoms with Crippen LogP contribution >= 0.6 is 0 Å². The first-order valence-electron chi connectivity index (χ1n) is 8.29. The Labute approximate surface area is 165 Å². The lowest BCUT2D eigenvalue weighted by Crippen LogP contribution is -2.35. The number of hydrogen-bond acceptors (Lipinski definition) is 5. The van der Waals surface area contributed by atoms with Gasteiger partial charge in [0.2, 0.25) is 10.0 Å². The molecule has 1 unspecified atom stereocenters. The Morgan fingerprint density at radius 3 is 2.48 bits per heavy atom. The molecule has 0 heterocycles. The average Bonchev–Trinajstić information content (AvgIpc) is 2.68. The second-order valence-corrected chi connectivity index (χ2v) is 7.77. The smallest absolute Gasteiger partial charge is 0.266 e. The Morgan fingerprint density at radius 2 is 1.90 bits per heavy atom. The second-order valence-electron chi connectivity index (χ2n) is 6.06. The number of methoxy groups -OCH3 is 1. The molecule has 158 valence electrons. The monoisotopic (exact) mass is 432 g/mol. The number of amides is 1. The van der Waals surface area contributed by atoms with Crippen molar-refractivity contribution in [3.63, 3.8) is 0 Å². The van der Waals surface area contributed by atoms with Crippen LogP contribution in [0.15, 0.2) is 41.3 Å². The predicted octanol–water partition coefficient (Wildman–Crippen LogP) is 2.68. The predicted molar refractivity (Wildman–Crippen MR) is 99.2 cm³/mol. The summed E-state index contributed by atoms with van der Waals surface area (Å²) in [6.45, 7) is 1.02. The van der Waals surface area contributed by atoms with E-state index >= 15 is 0 Å². The molecule has 0 aliphatic carbocycles. The summed E-state index contributed by atoms with van der Waals surface area (Å²) in [5.74, 6) is -1.93. The summed E-state index contributed by atoms with van der Waals surface area (Å²) in [5, 5.41) is 11.3. The molecule has 0 aliphatic heterocycles. The average molecular weight is 432 g/mol. The maximum atomic E-state index is 13.4. The summed E-state index contributed by atoms with van der Waals surface area (Å²) in [7, 11) is -2.78. The number of carbonyl (C=O) groups is 1. The van der Waals surface area contributed by atoms with Gasteiger partial charge in [0, 0.05) is 11.7 Å². The molecule has 1 atom stereocenters. The van der Waals surface area contributed by atoms with Crippen LogP contribution in [0.5, 0.6) is 5.75 Å². The zero-order valence-corrected chi connectivity index (χ0v) is 16.3. The van der Waals surface area contributed by atoms with Gasteiger partial charge in [-0.1, -0.05) is 0 Å². The number of alkyl halides is 2. The number of sulfonamides is 1. The topological polar surface area (TPSA) is 105 Å². The minimum Gasteiger partial charge on any atom is -0.496 e. The van der Waals surface area contributed by atoms with Gasteiger partial charge in [0.15, 0.2) is 0 Å². The summed E-state index contributed by atoms with van der Waals surface area (Å²) in [4.78, 5) is 12.3. The molecule has 0 saturated heterocycles. The quantitative estimate of drug-likeness (QED) is 0.595. The van der Waals surface area contributed by atoms with Crippen LogP contribution in [0.2, 0.25) is 0 Å². The first-order chi connectivity index (χ1) is 13.6. The van der Waals surface area contributed by atoms with Gasteiger partial charge >= 0.3 is 0 Å². The van der Waals surface area contributed by atoms with Crippen LogP contribution in [-0.2, 0) is 10.0 Å². The van der Waals surface area contributed by atoms with Gasteiger partial charge in [-0.15, -0.1) is 0 Å². The number of rotatable bonds is 8. The Hall–Kier alpha value is -2.63. The molecule has 0 aliphatic rings. The lowest BCUT2D eigenvalue weighted by atomic mass is 10.1. The van der Waals surface area contributed by atoms with Gasteiger partial charge in [0.1, 0.15) is 11.6 Å². The van der Waals surface area contributed by atoms with Gasteiger partial charge in [-0.2, -0.15) is 0 Å². The van der Waals surface area contributed by atoms with E-state index in [2.05, 4.69) is 10.0 Å². The number of halogens is 3. The molecule has 2 aromatic carbocycles. The molecule has 0 saturated carbocycles. The Morgan fingerprint density at radius 1 is 1.21 bits per heavy atom. The molecule has 7 nitrogen and oxygen atoms in total. The molecular formula is C18H19F3N2O5S. The Kier molecular flexibility index (Phi) is 7.22. The van der Waals surface area contributed by atoms with Crippen LogP contribution in [0.25, 0.3) is 0 Å². The van der Waals surface area contributed by atoms with Gasteiger partial charge in [-0.25, -0.2) is 26.3 Å². The van der Waals surface area contributed by atoms with Crippen molar-refractivity contribution in [1.29, 1.82) is 0 Å². The third-order valence-corrected chi connectivity index (χ3v) is 5.43. The molecule has 2 aromatic rings. The molecule has 0 radical (unpaired) electrons. The number of hydrogen-bond donors (Lipinski definition) is 3. The van der Waals surface area contributed by atoms with Crippen LogP contribution in [0.4, 0.5) is 18.9 Å². The van der Waals surface area contributed by atoms with Crippen LogP contribution in [0, 0.1) is 5.82 Å². The third-order valence-electron chi connectivity index (χ3n) is 3.85. The summed E-state index contributed by atoms with van der Waals surface area (Å²) >= 11 is 0. The van der Waals surface area contributed by atoms with Crippen molar-refractivity contribution in [2.45, 2.75) is 24.3 Å². The van der Waals surface area contributed by atoms with Crippen molar-refractivity contribution in [1.82, 2.24) is 4.72 Å². The van der Waals surface area contributed by atoms with E-state index in [4.69, 9.17) is 9.84 Å². The second kappa shape index (κ2) is 9.25. The molecule has 3 N–H and O–H groups in total. The van der Waals surface area contributed by atoms with Crippen LogP contribution in [0.1, 0.15) is 29.3 Å². The fourth-order valence-corrected chi connectivity index (χ4v) is 3.65. The maximum absolute atomic E-state index is 13.4. The van der Waals surface area contributed by atoms with E-state index in [1.54, 1.807) is 0 Å². The number of anilines is 1. The minimum atomic E-state index is -4.04. The summed E-state index contributed by atoms with van der Waals surface area (Å²) in [6, 6.07) is 5.41. The van der Waals surface area contributed by atoms with E-state index in [1.165, 1.54) is 26.2 Å². The van der Waals surface area contributed by atoms with E-state index in [0.29, 0.717) is 0 Å². The molecule has 11 heteroatoms. The lowest BCUT2D eigenvalue weighted by Gasteiger charge is -2.14. The molecule has 1 amide bonds. The minimum absolute atomic E-state index is 0.0350. The van der Waals surface area contributed by atoms with Crippen LogP contribution < -0.4 is 14.8 Å². The Bertz CT molecular complexity index is 999. The van der Waals surface area contributed by atoms with Crippen LogP contribution in [0.3, 0.4) is 0 Å². The highest BCUT2D eigenvalue weighted by molar-refractivity contribution is 7.89. The number of nitrogens with one attached hydrogen (secondary N) is 2. The first-order valence-corrected chi connectivity index (χ1v) is 9.77. The molecule has 0 fully saturated rings. The van der Waals surface area contributed by atoms with Gasteiger partial charge in [0.25, 0.3) is 12.3 Å². The fraction of sp³-hybridized carbons (Fsp3) is 0.278. The fourth-order valence-electron chi connectivity index (χ4n) is 2.39. The van der Waals surface area contributed by atoms with E-state index in [1.807, 2.05) is 0 Å². The Balaban J connectivity index is 2.38. The van der Waals surface area contributed by atoms with E-state index in [0.717, 1.165) is 24.3 Å². The first kappa shape index (κ1) is 22.7.